The van der Waals surface area contributed by atoms with Gasteiger partial charge < -0.3 is 4.40 Å². The topological polar surface area (TPSA) is 17.3 Å². The molecule has 0 spiro atoms. The lowest BCUT2D eigenvalue weighted by atomic mass is 10.1. The standard InChI is InChI=1S/C13H12N2S/c1-9-5-12(11-3-4-16-8-11)13-14-10(2)7-15(13)6-9/h3-8H,1-2H3. The van der Waals surface area contributed by atoms with Crippen molar-refractivity contribution < 1.29 is 0 Å². The van der Waals surface area contributed by atoms with Gasteiger partial charge in [0.2, 0.25) is 0 Å². The molecule has 16 heavy (non-hydrogen) atoms. The lowest BCUT2D eigenvalue weighted by molar-refractivity contribution is 1.16. The van der Waals surface area contributed by atoms with Gasteiger partial charge in [0.1, 0.15) is 5.65 Å². The summed E-state index contributed by atoms with van der Waals surface area (Å²) >= 11 is 1.72. The van der Waals surface area contributed by atoms with Crippen LogP contribution in [0.1, 0.15) is 11.3 Å². The molecule has 0 bridgehead atoms. The largest absolute Gasteiger partial charge is 0.306 e. The fraction of sp³-hybridized carbons (Fsp3) is 0.154. The quantitative estimate of drug-likeness (QED) is 0.621. The van der Waals surface area contributed by atoms with Crippen LogP contribution in [0, 0.1) is 13.8 Å². The predicted octanol–water partition coefficient (Wildman–Crippen LogP) is 3.68. The number of aryl methyl sites for hydroxylation is 2. The Morgan fingerprint density at radius 2 is 2.12 bits per heavy atom. The Labute approximate surface area is 98.2 Å². The van der Waals surface area contributed by atoms with E-state index in [4.69, 9.17) is 0 Å². The molecule has 3 rings (SSSR count). The molecule has 0 saturated carbocycles. The van der Waals surface area contributed by atoms with E-state index in [-0.39, 0.29) is 0 Å². The zero-order valence-electron chi connectivity index (χ0n) is 9.27. The van der Waals surface area contributed by atoms with Crippen molar-refractivity contribution in [1.29, 1.82) is 0 Å². The molecule has 0 aliphatic rings. The van der Waals surface area contributed by atoms with Crippen LogP contribution in [0.4, 0.5) is 0 Å². The number of rotatable bonds is 1. The molecule has 3 heteroatoms. The molecule has 0 atom stereocenters. The fourth-order valence-corrected chi connectivity index (χ4v) is 2.65. The lowest BCUT2D eigenvalue weighted by Gasteiger charge is -2.03. The van der Waals surface area contributed by atoms with Crippen molar-refractivity contribution in [2.45, 2.75) is 13.8 Å². The maximum Gasteiger partial charge on any atom is 0.144 e. The molecule has 3 heterocycles. The summed E-state index contributed by atoms with van der Waals surface area (Å²) in [4.78, 5) is 4.58. The second kappa shape index (κ2) is 3.46. The van der Waals surface area contributed by atoms with Crippen LogP contribution in [-0.4, -0.2) is 9.38 Å². The highest BCUT2D eigenvalue weighted by molar-refractivity contribution is 7.08. The first-order chi connectivity index (χ1) is 7.74. The van der Waals surface area contributed by atoms with Gasteiger partial charge in [0, 0.05) is 18.0 Å². The molecule has 0 fully saturated rings. The summed E-state index contributed by atoms with van der Waals surface area (Å²) in [5.41, 5.74) is 5.83. The Balaban J connectivity index is 2.38. The third-order valence-corrected chi connectivity index (χ3v) is 3.32. The molecule has 0 aliphatic carbocycles. The van der Waals surface area contributed by atoms with Gasteiger partial charge in [-0.2, -0.15) is 11.3 Å². The minimum absolute atomic E-state index is 1.04. The average Bonchev–Trinajstić information content (AvgIpc) is 2.83. The Bertz CT molecular complexity index is 635. The first-order valence-corrected chi connectivity index (χ1v) is 6.17. The van der Waals surface area contributed by atoms with E-state index in [1.165, 1.54) is 16.7 Å². The number of pyridine rings is 1. The summed E-state index contributed by atoms with van der Waals surface area (Å²) in [5, 5.41) is 4.27. The normalized spacial score (nSPS) is 11.1. The van der Waals surface area contributed by atoms with Crippen molar-refractivity contribution in [2.75, 3.05) is 0 Å². The molecule has 0 saturated heterocycles. The van der Waals surface area contributed by atoms with Crippen LogP contribution in [0.5, 0.6) is 0 Å². The smallest absolute Gasteiger partial charge is 0.144 e. The van der Waals surface area contributed by atoms with Crippen molar-refractivity contribution in [3.63, 3.8) is 0 Å². The van der Waals surface area contributed by atoms with E-state index in [0.29, 0.717) is 0 Å². The van der Waals surface area contributed by atoms with E-state index >= 15 is 0 Å². The number of aromatic nitrogens is 2. The van der Waals surface area contributed by atoms with Gasteiger partial charge >= 0.3 is 0 Å². The number of nitrogens with zero attached hydrogens (tertiary/aromatic N) is 2. The second-order valence-electron chi connectivity index (χ2n) is 4.06. The van der Waals surface area contributed by atoms with Crippen molar-refractivity contribution in [2.24, 2.45) is 0 Å². The number of hydrogen-bond acceptors (Lipinski definition) is 2. The maximum atomic E-state index is 4.58. The molecule has 2 nitrogen and oxygen atoms in total. The number of thiophene rings is 1. The number of hydrogen-bond donors (Lipinski definition) is 0. The monoisotopic (exact) mass is 228 g/mol. The second-order valence-corrected chi connectivity index (χ2v) is 4.84. The summed E-state index contributed by atoms with van der Waals surface area (Å²) in [7, 11) is 0. The highest BCUT2D eigenvalue weighted by Gasteiger charge is 2.08. The van der Waals surface area contributed by atoms with Crippen LogP contribution >= 0.6 is 11.3 Å². The van der Waals surface area contributed by atoms with Crippen molar-refractivity contribution in [3.05, 3.63) is 46.5 Å². The summed E-state index contributed by atoms with van der Waals surface area (Å²) in [5.74, 6) is 0. The number of fused-ring (bicyclic) bond motifs is 1. The Morgan fingerprint density at radius 1 is 1.25 bits per heavy atom. The predicted molar refractivity (Wildman–Crippen MR) is 68.0 cm³/mol. The van der Waals surface area contributed by atoms with Gasteiger partial charge in [-0.3, -0.25) is 0 Å². The Kier molecular flexibility index (Phi) is 2.07. The molecule has 0 aromatic carbocycles. The summed E-state index contributed by atoms with van der Waals surface area (Å²) in [6, 6.07) is 4.34. The third kappa shape index (κ3) is 1.44. The average molecular weight is 228 g/mol. The highest BCUT2D eigenvalue weighted by Crippen LogP contribution is 2.27. The van der Waals surface area contributed by atoms with Crippen molar-refractivity contribution in [3.8, 4) is 11.1 Å². The molecule has 3 aromatic heterocycles. The van der Waals surface area contributed by atoms with Crippen LogP contribution in [0.25, 0.3) is 16.8 Å². The van der Waals surface area contributed by atoms with Gasteiger partial charge in [-0.25, -0.2) is 4.98 Å². The third-order valence-electron chi connectivity index (χ3n) is 2.64. The molecule has 3 aromatic rings. The maximum absolute atomic E-state index is 4.58. The van der Waals surface area contributed by atoms with Crippen LogP contribution in [0.3, 0.4) is 0 Å². The Hall–Kier alpha value is -1.61. The van der Waals surface area contributed by atoms with Crippen LogP contribution in [0.15, 0.2) is 35.3 Å². The molecule has 0 amide bonds. The van der Waals surface area contributed by atoms with E-state index in [2.05, 4.69) is 51.6 Å². The summed E-state index contributed by atoms with van der Waals surface area (Å²) in [6.07, 6.45) is 4.18. The van der Waals surface area contributed by atoms with Crippen LogP contribution in [-0.2, 0) is 0 Å². The van der Waals surface area contributed by atoms with E-state index in [1.807, 2.05) is 6.92 Å². The van der Waals surface area contributed by atoms with Gasteiger partial charge in [0.05, 0.1) is 5.69 Å². The molecular formula is C13H12N2S. The highest BCUT2D eigenvalue weighted by atomic mass is 32.1. The minimum atomic E-state index is 1.04. The Morgan fingerprint density at radius 3 is 2.88 bits per heavy atom. The molecular weight excluding hydrogens is 216 g/mol. The molecule has 80 valence electrons. The zero-order chi connectivity index (χ0) is 11.1. The van der Waals surface area contributed by atoms with E-state index < -0.39 is 0 Å². The van der Waals surface area contributed by atoms with Gasteiger partial charge in [0.15, 0.2) is 0 Å². The molecule has 0 unspecified atom stereocenters. The van der Waals surface area contributed by atoms with Gasteiger partial charge in [-0.05, 0) is 47.9 Å². The van der Waals surface area contributed by atoms with E-state index in [0.717, 1.165) is 11.3 Å². The summed E-state index contributed by atoms with van der Waals surface area (Å²) < 4.78 is 2.11. The lowest BCUT2D eigenvalue weighted by Crippen LogP contribution is -1.88. The van der Waals surface area contributed by atoms with E-state index in [1.54, 1.807) is 11.3 Å². The van der Waals surface area contributed by atoms with Crippen LogP contribution < -0.4 is 0 Å². The van der Waals surface area contributed by atoms with Crippen molar-refractivity contribution in [1.82, 2.24) is 9.38 Å². The minimum Gasteiger partial charge on any atom is -0.306 e. The molecule has 0 radical (unpaired) electrons. The molecule has 0 aliphatic heterocycles. The van der Waals surface area contributed by atoms with Crippen LogP contribution in [0.2, 0.25) is 0 Å². The van der Waals surface area contributed by atoms with Crippen molar-refractivity contribution >= 4 is 17.0 Å². The molecule has 0 N–H and O–H groups in total. The fourth-order valence-electron chi connectivity index (χ4n) is 1.99. The summed E-state index contributed by atoms with van der Waals surface area (Å²) in [6.45, 7) is 4.14. The first-order valence-electron chi connectivity index (χ1n) is 5.22. The first kappa shape index (κ1) is 9.60. The SMILES string of the molecule is Cc1cc(-c2ccsc2)c2nc(C)cn2c1. The van der Waals surface area contributed by atoms with Gasteiger partial charge in [-0.15, -0.1) is 0 Å². The van der Waals surface area contributed by atoms with Gasteiger partial charge in [-0.1, -0.05) is 0 Å². The van der Waals surface area contributed by atoms with Gasteiger partial charge in [0.25, 0.3) is 0 Å². The van der Waals surface area contributed by atoms with E-state index in [9.17, 15) is 0 Å². The zero-order valence-corrected chi connectivity index (χ0v) is 10.1. The number of imidazole rings is 1.